The van der Waals surface area contributed by atoms with Crippen LogP contribution in [0, 0.1) is 18.8 Å². The fraction of sp³-hybridized carbons (Fsp3) is 0.634. The average molecular weight is 794 g/mol. The lowest BCUT2D eigenvalue weighted by Crippen LogP contribution is -2.58. The number of aromatic nitrogens is 1. The summed E-state index contributed by atoms with van der Waals surface area (Å²) < 4.78 is 45.7. The minimum Gasteiger partial charge on any atom is -0.497 e. The number of hydrogen-bond acceptors (Lipinski definition) is 10. The van der Waals surface area contributed by atoms with Crippen molar-refractivity contribution in [1.82, 2.24) is 25.2 Å². The quantitative estimate of drug-likeness (QED) is 0.331. The second kappa shape index (κ2) is 14.8. The Balaban J connectivity index is 1.23. The smallest absolute Gasteiger partial charge is 0.408 e. The number of carbonyl (C=O) groups excluding carboxylic acids is 4. The van der Waals surface area contributed by atoms with Crippen LogP contribution in [0.5, 0.6) is 11.5 Å². The monoisotopic (exact) mass is 793 g/mol. The molecule has 1 unspecified atom stereocenters. The van der Waals surface area contributed by atoms with Crippen molar-refractivity contribution in [3.8, 4) is 11.5 Å². The van der Waals surface area contributed by atoms with Gasteiger partial charge in [-0.1, -0.05) is 38.8 Å². The topological polar surface area (TPSA) is 182 Å². The normalized spacial score (nSPS) is 29.7. The summed E-state index contributed by atoms with van der Waals surface area (Å²) in [6.07, 6.45) is 8.25. The summed E-state index contributed by atoms with van der Waals surface area (Å²) in [5.74, 6) is -0.913. The van der Waals surface area contributed by atoms with E-state index in [2.05, 4.69) is 15.4 Å². The number of pyridine rings is 1. The minimum atomic E-state index is -3.99. The zero-order valence-electron chi connectivity index (χ0n) is 33.2. The van der Waals surface area contributed by atoms with E-state index in [4.69, 9.17) is 19.2 Å². The second-order valence-electron chi connectivity index (χ2n) is 17.1. The number of alkyl carbamates (subject to hydrolysis) is 1. The highest BCUT2D eigenvalue weighted by Gasteiger charge is 2.64. The third kappa shape index (κ3) is 7.55. The number of carbonyl (C=O) groups is 4. The van der Waals surface area contributed by atoms with Gasteiger partial charge in [0.25, 0.3) is 5.91 Å². The summed E-state index contributed by atoms with van der Waals surface area (Å²) in [5, 5.41) is 6.67. The molecule has 1 aromatic carbocycles. The summed E-state index contributed by atoms with van der Waals surface area (Å²) >= 11 is 0. The lowest BCUT2D eigenvalue weighted by atomic mass is 9.87. The van der Waals surface area contributed by atoms with E-state index in [1.54, 1.807) is 21.0 Å². The maximum Gasteiger partial charge on any atom is 0.408 e. The first-order valence-electron chi connectivity index (χ1n) is 20.0. The zero-order valence-corrected chi connectivity index (χ0v) is 34.1. The molecule has 3 N–H and O–H groups in total. The highest BCUT2D eigenvalue weighted by Crippen LogP contribution is 2.49. The van der Waals surface area contributed by atoms with Gasteiger partial charge in [-0.2, -0.15) is 0 Å². The van der Waals surface area contributed by atoms with Gasteiger partial charge in [-0.3, -0.25) is 19.1 Å². The van der Waals surface area contributed by atoms with E-state index in [9.17, 15) is 27.6 Å². The van der Waals surface area contributed by atoms with E-state index in [1.165, 1.54) is 4.90 Å². The van der Waals surface area contributed by atoms with Crippen molar-refractivity contribution in [3.05, 3.63) is 41.6 Å². The highest BCUT2D eigenvalue weighted by molar-refractivity contribution is 7.91. The molecule has 304 valence electrons. The van der Waals surface area contributed by atoms with Crippen LogP contribution in [0.3, 0.4) is 0 Å². The molecule has 2 saturated carbocycles. The summed E-state index contributed by atoms with van der Waals surface area (Å²) in [4.78, 5) is 62.9. The number of fused-ring (bicyclic) bond motifs is 5. The van der Waals surface area contributed by atoms with Crippen molar-refractivity contribution in [2.75, 3.05) is 13.7 Å². The first-order chi connectivity index (χ1) is 26.5. The standard InChI is InChI=1S/C41H55N5O9S/c1-24(2)26(4)54-38(50)43-32-13-11-9-7-8-10-12-27-21-41(27,37(49)45-56(51,52)39(5)18-19-39)44-35(47)33-22-40(23-46(33)36(32)48)17-16-29-30-20-28(53-6)14-15-31(30)42-25(3)34(29)55-40/h10,12,14-15,20,24,26-27,32-33H,7-9,11,13,16-19,21-23H2,1-6H3,(H,43,50)(H,44,47)(H,45,49)/b12-10-/t26?,27-,32+,33+,40-,41-/m1/s1. The number of benzene rings is 1. The molecule has 14 nitrogen and oxygen atoms in total. The molecule has 2 aliphatic carbocycles. The van der Waals surface area contributed by atoms with Crippen LogP contribution in [-0.2, 0) is 35.6 Å². The van der Waals surface area contributed by atoms with E-state index in [0.717, 1.165) is 29.3 Å². The van der Waals surface area contributed by atoms with Gasteiger partial charge in [0.15, 0.2) is 0 Å². The molecule has 3 aliphatic heterocycles. The van der Waals surface area contributed by atoms with Crippen LogP contribution in [0.1, 0.15) is 103 Å². The molecule has 4 heterocycles. The van der Waals surface area contributed by atoms with E-state index in [1.807, 2.05) is 51.1 Å². The number of hydrogen-bond donors (Lipinski definition) is 3. The molecule has 3 fully saturated rings. The van der Waals surface area contributed by atoms with Crippen LogP contribution in [-0.4, -0.2) is 89.8 Å². The van der Waals surface area contributed by atoms with Gasteiger partial charge in [-0.25, -0.2) is 18.2 Å². The van der Waals surface area contributed by atoms with Crippen LogP contribution < -0.4 is 24.8 Å². The summed E-state index contributed by atoms with van der Waals surface area (Å²) in [7, 11) is -2.38. The SMILES string of the molecule is COc1ccc2nc(C)c3c(c2c1)CC[C@]1(C[C@H]2C(=O)N[C@]4(C(=O)NS(=O)(=O)C5(C)CC5)C[C@H]4/C=C\CCCCC[C@H](NC(=O)OC(C)C(C)C)C(=O)N2C1)O3. The minimum absolute atomic E-state index is 0.0455. The predicted molar refractivity (Wildman–Crippen MR) is 208 cm³/mol. The molecule has 0 bridgehead atoms. The number of rotatable bonds is 7. The van der Waals surface area contributed by atoms with Crippen LogP contribution in [0.25, 0.3) is 10.9 Å². The summed E-state index contributed by atoms with van der Waals surface area (Å²) in [6.45, 7) is 9.19. The van der Waals surface area contributed by atoms with Crippen molar-refractivity contribution in [3.63, 3.8) is 0 Å². The van der Waals surface area contributed by atoms with Crippen molar-refractivity contribution in [2.45, 2.75) is 139 Å². The molecular weight excluding hydrogens is 739 g/mol. The average Bonchev–Trinajstić information content (AvgIpc) is 4.04. The Hall–Kier alpha value is -4.40. The molecule has 1 aromatic heterocycles. The van der Waals surface area contributed by atoms with E-state index in [-0.39, 0.29) is 25.3 Å². The lowest BCUT2D eigenvalue weighted by molar-refractivity contribution is -0.141. The maximum absolute atomic E-state index is 14.8. The zero-order chi connectivity index (χ0) is 40.2. The van der Waals surface area contributed by atoms with Gasteiger partial charge >= 0.3 is 6.09 Å². The number of aryl methyl sites for hydroxylation is 2. The number of allylic oxidation sites excluding steroid dienone is 1. The van der Waals surface area contributed by atoms with Crippen molar-refractivity contribution in [1.29, 1.82) is 0 Å². The molecule has 0 radical (unpaired) electrons. The van der Waals surface area contributed by atoms with Gasteiger partial charge in [0.05, 0.1) is 29.6 Å². The number of nitrogens with one attached hydrogen (secondary N) is 3. The Labute approximate surface area is 328 Å². The number of amides is 4. The van der Waals surface area contributed by atoms with E-state index in [0.29, 0.717) is 62.1 Å². The third-order valence-electron chi connectivity index (χ3n) is 12.7. The number of nitrogens with zero attached hydrogens (tertiary/aromatic N) is 2. The lowest BCUT2D eigenvalue weighted by Gasteiger charge is -2.36. The van der Waals surface area contributed by atoms with Crippen LogP contribution in [0.2, 0.25) is 0 Å². The third-order valence-corrected chi connectivity index (χ3v) is 14.9. The van der Waals surface area contributed by atoms with Gasteiger partial charge in [-0.15, -0.1) is 0 Å². The molecule has 2 aromatic rings. The van der Waals surface area contributed by atoms with Crippen molar-refractivity contribution >= 4 is 44.7 Å². The van der Waals surface area contributed by atoms with Crippen LogP contribution in [0.15, 0.2) is 30.4 Å². The maximum atomic E-state index is 14.8. The summed E-state index contributed by atoms with van der Waals surface area (Å²) in [5.41, 5.74) is -0.0603. The Morgan fingerprint density at radius 1 is 1.09 bits per heavy atom. The van der Waals surface area contributed by atoms with Gasteiger partial charge in [0.2, 0.25) is 21.8 Å². The van der Waals surface area contributed by atoms with Crippen molar-refractivity contribution in [2.24, 2.45) is 11.8 Å². The fourth-order valence-corrected chi connectivity index (χ4v) is 9.59. The molecule has 5 aliphatic rings. The van der Waals surface area contributed by atoms with Gasteiger partial charge in [-0.05, 0) is 96.3 Å². The largest absolute Gasteiger partial charge is 0.497 e. The Morgan fingerprint density at radius 2 is 1.86 bits per heavy atom. The molecule has 15 heteroatoms. The number of ether oxygens (including phenoxy) is 3. The molecule has 56 heavy (non-hydrogen) atoms. The number of sulfonamides is 1. The first kappa shape index (κ1) is 39.8. The fourth-order valence-electron chi connectivity index (χ4n) is 8.28. The van der Waals surface area contributed by atoms with E-state index < -0.39 is 73.8 Å². The molecule has 7 rings (SSSR count). The summed E-state index contributed by atoms with van der Waals surface area (Å²) in [6, 6.07) is 3.62. The predicted octanol–water partition coefficient (Wildman–Crippen LogP) is 4.75. The van der Waals surface area contributed by atoms with Gasteiger partial charge < -0.3 is 29.7 Å². The van der Waals surface area contributed by atoms with Crippen LogP contribution >= 0.6 is 0 Å². The second-order valence-corrected chi connectivity index (χ2v) is 19.3. The molecule has 1 spiro atoms. The molecule has 6 atom stereocenters. The highest BCUT2D eigenvalue weighted by atomic mass is 32.2. The van der Waals surface area contributed by atoms with Gasteiger partial charge in [0, 0.05) is 23.3 Å². The first-order valence-corrected chi connectivity index (χ1v) is 21.5. The van der Waals surface area contributed by atoms with Crippen LogP contribution in [0.4, 0.5) is 4.79 Å². The number of methoxy groups -OCH3 is 1. The molecule has 4 amide bonds. The Bertz CT molecular complexity index is 2070. The Kier molecular flexibility index (Phi) is 10.5. The molecular formula is C41H55N5O9S. The Morgan fingerprint density at radius 3 is 2.57 bits per heavy atom. The molecule has 1 saturated heterocycles. The van der Waals surface area contributed by atoms with E-state index >= 15 is 0 Å². The van der Waals surface area contributed by atoms with Crippen molar-refractivity contribution < 1.29 is 41.8 Å². The van der Waals surface area contributed by atoms with Gasteiger partial charge in [0.1, 0.15) is 40.8 Å².